The Balaban J connectivity index is -0.00000000300. The van der Waals surface area contributed by atoms with Crippen LogP contribution < -0.4 is 0 Å². The fourth-order valence-corrected chi connectivity index (χ4v) is 0. The molecule has 6 heteroatoms. The van der Waals surface area contributed by atoms with Gasteiger partial charge in [0.15, 0.2) is 0 Å². The predicted octanol–water partition coefficient (Wildman–Crippen LogP) is -0.630. The van der Waals surface area contributed by atoms with Crippen LogP contribution in [0.2, 0.25) is 0 Å². The molecule has 0 heterocycles. The topological polar surface area (TPSA) is 57.5 Å². The van der Waals surface area contributed by atoms with Crippen molar-refractivity contribution >= 4 is 109 Å². The van der Waals surface area contributed by atoms with Crippen molar-refractivity contribution in [1.29, 1.82) is 0 Å². The molecule has 0 fully saturated rings. The van der Waals surface area contributed by atoms with Gasteiger partial charge >= 0.3 is 97.8 Å². The standard InChI is InChI=1S/2Ba.H2O3S.4H/c;;1-4(2)3;;;;/h;;(H2,1,2,3);;;;/q2*+2;;4*-1. The molecule has 0 aromatic rings. The molecule has 0 amide bonds. The first kappa shape index (κ1) is 16.1. The summed E-state index contributed by atoms with van der Waals surface area (Å²) in [5, 5.41) is 0. The molecular formula is H6Ba2O3S. The molecule has 0 aliphatic heterocycles. The fraction of sp³-hybridized carbons (Fsp3) is 0. The Morgan fingerprint density at radius 3 is 1.33 bits per heavy atom. The van der Waals surface area contributed by atoms with Crippen LogP contribution in [0.15, 0.2) is 0 Å². The Hall–Kier alpha value is 3.21. The zero-order valence-corrected chi connectivity index (χ0v) is 12.8. The molecular weight excluding hydrogens is 355 g/mol. The molecule has 0 aliphatic rings. The van der Waals surface area contributed by atoms with Crippen LogP contribution in [0, 0.1) is 0 Å². The van der Waals surface area contributed by atoms with E-state index in [0.29, 0.717) is 0 Å². The van der Waals surface area contributed by atoms with Crippen molar-refractivity contribution in [2.45, 2.75) is 0 Å². The SMILES string of the molecule is O=S(O)O.[Ba+2].[Ba+2].[H-].[H-].[H-].[H-]. The molecule has 0 aromatic heterocycles. The van der Waals surface area contributed by atoms with Crippen LogP contribution in [0.25, 0.3) is 0 Å². The largest absolute Gasteiger partial charge is 2.00 e. The minimum atomic E-state index is -2.61. The number of hydrogen-bond acceptors (Lipinski definition) is 1. The number of rotatable bonds is 0. The molecule has 0 spiro atoms. The summed E-state index contributed by atoms with van der Waals surface area (Å²) in [6.07, 6.45) is 0. The van der Waals surface area contributed by atoms with Gasteiger partial charge in [-0.15, -0.1) is 0 Å². The summed E-state index contributed by atoms with van der Waals surface area (Å²) >= 11 is -2.61. The van der Waals surface area contributed by atoms with Gasteiger partial charge < -0.3 is 5.71 Å². The van der Waals surface area contributed by atoms with Gasteiger partial charge in [0.25, 0.3) is 11.4 Å². The summed E-state index contributed by atoms with van der Waals surface area (Å²) < 4.78 is 22.8. The second-order valence-corrected chi connectivity index (χ2v) is 0.692. The molecule has 0 unspecified atom stereocenters. The Morgan fingerprint density at radius 2 is 1.33 bits per heavy atom. The van der Waals surface area contributed by atoms with Crippen LogP contribution in [-0.2, 0) is 11.4 Å². The summed E-state index contributed by atoms with van der Waals surface area (Å²) in [4.78, 5) is 0. The van der Waals surface area contributed by atoms with E-state index in [0.717, 1.165) is 0 Å². The first-order chi connectivity index (χ1) is 1.73. The van der Waals surface area contributed by atoms with E-state index >= 15 is 0 Å². The van der Waals surface area contributed by atoms with Gasteiger partial charge in [0.2, 0.25) is 0 Å². The van der Waals surface area contributed by atoms with Crippen molar-refractivity contribution in [3.63, 3.8) is 0 Å². The monoisotopic (exact) mass is 362 g/mol. The Morgan fingerprint density at radius 1 is 1.33 bits per heavy atom. The molecule has 0 aliphatic carbocycles. The van der Waals surface area contributed by atoms with E-state index < -0.39 is 11.4 Å². The zero-order valence-electron chi connectivity index (χ0n) is 7.13. The zero-order chi connectivity index (χ0) is 3.58. The normalized spacial score (nSPS) is 5.83. The Kier molecular flexibility index (Phi) is 29.7. The van der Waals surface area contributed by atoms with Crippen LogP contribution in [0.3, 0.4) is 0 Å². The van der Waals surface area contributed by atoms with Gasteiger partial charge in [-0.2, -0.15) is 4.21 Å². The molecule has 0 saturated carbocycles. The second kappa shape index (κ2) is 11.1. The third-order valence-corrected chi connectivity index (χ3v) is 0. The smallest absolute Gasteiger partial charge is 1.00 e. The first-order valence-corrected chi connectivity index (χ1v) is 1.60. The second-order valence-electron chi connectivity index (χ2n) is 0.231. The van der Waals surface area contributed by atoms with Crippen molar-refractivity contribution in [1.82, 2.24) is 0 Å². The number of hydrogen-bond donors (Lipinski definition) is 2. The maximum atomic E-state index is 8.67. The summed E-state index contributed by atoms with van der Waals surface area (Å²) in [5.74, 6) is 0. The van der Waals surface area contributed by atoms with Crippen LogP contribution in [-0.4, -0.2) is 111 Å². The minimum Gasteiger partial charge on any atom is -1.00 e. The van der Waals surface area contributed by atoms with E-state index in [1.807, 2.05) is 0 Å². The summed E-state index contributed by atoms with van der Waals surface area (Å²) in [5.41, 5.74) is 0. The summed E-state index contributed by atoms with van der Waals surface area (Å²) in [6.45, 7) is 0. The molecule has 0 saturated heterocycles. The minimum absolute atomic E-state index is 0. The fourth-order valence-electron chi connectivity index (χ4n) is 0. The van der Waals surface area contributed by atoms with Gasteiger partial charge in [0.1, 0.15) is 0 Å². The van der Waals surface area contributed by atoms with E-state index in [-0.39, 0.29) is 103 Å². The van der Waals surface area contributed by atoms with Gasteiger partial charge in [-0.3, -0.25) is 9.11 Å². The van der Waals surface area contributed by atoms with Gasteiger partial charge in [0.05, 0.1) is 0 Å². The van der Waals surface area contributed by atoms with Crippen molar-refractivity contribution in [2.24, 2.45) is 0 Å². The van der Waals surface area contributed by atoms with Crippen LogP contribution >= 0.6 is 0 Å². The maximum absolute atomic E-state index is 8.67. The van der Waals surface area contributed by atoms with Crippen LogP contribution in [0.4, 0.5) is 0 Å². The van der Waals surface area contributed by atoms with E-state index in [2.05, 4.69) is 0 Å². The summed E-state index contributed by atoms with van der Waals surface area (Å²) in [6, 6.07) is 0. The van der Waals surface area contributed by atoms with Gasteiger partial charge in [-0.1, -0.05) is 0 Å². The Labute approximate surface area is 125 Å². The summed E-state index contributed by atoms with van der Waals surface area (Å²) in [7, 11) is 0. The quantitative estimate of drug-likeness (QED) is 0.447. The molecule has 2 N–H and O–H groups in total. The third-order valence-electron chi connectivity index (χ3n) is 0. The first-order valence-electron chi connectivity index (χ1n) is 0.532. The van der Waals surface area contributed by atoms with Crippen LogP contribution in [0.5, 0.6) is 0 Å². The van der Waals surface area contributed by atoms with E-state index in [9.17, 15) is 0 Å². The Bertz CT molecular complexity index is 41.5. The molecule has 3 nitrogen and oxygen atoms in total. The molecule has 0 radical (unpaired) electrons. The van der Waals surface area contributed by atoms with Crippen molar-refractivity contribution in [2.75, 3.05) is 0 Å². The van der Waals surface area contributed by atoms with Gasteiger partial charge in [0, 0.05) is 0 Å². The van der Waals surface area contributed by atoms with E-state index in [4.69, 9.17) is 13.3 Å². The van der Waals surface area contributed by atoms with Crippen LogP contribution in [0.1, 0.15) is 5.71 Å². The van der Waals surface area contributed by atoms with Crippen molar-refractivity contribution < 1.29 is 19.0 Å². The van der Waals surface area contributed by atoms with Gasteiger partial charge in [-0.25, -0.2) is 0 Å². The van der Waals surface area contributed by atoms with Crippen molar-refractivity contribution in [3.8, 4) is 0 Å². The predicted molar refractivity (Wildman–Crippen MR) is 29.4 cm³/mol. The molecule has 0 atom stereocenters. The molecule has 6 heavy (non-hydrogen) atoms. The molecule has 0 bridgehead atoms. The average molecular weight is 361 g/mol. The van der Waals surface area contributed by atoms with Gasteiger partial charge in [-0.05, 0) is 0 Å². The van der Waals surface area contributed by atoms with E-state index in [1.165, 1.54) is 0 Å². The molecule has 0 aromatic carbocycles. The third kappa shape index (κ3) is 27.0. The van der Waals surface area contributed by atoms with E-state index in [1.54, 1.807) is 0 Å². The maximum Gasteiger partial charge on any atom is 2.00 e. The molecule has 0 rings (SSSR count). The average Bonchev–Trinajstić information content (AvgIpc) is 0.811. The van der Waals surface area contributed by atoms with Crippen molar-refractivity contribution in [3.05, 3.63) is 0 Å². The molecule has 34 valence electrons.